The number of ether oxygens (including phenoxy) is 3. The molecule has 2 unspecified atom stereocenters. The van der Waals surface area contributed by atoms with Gasteiger partial charge in [-0.3, -0.25) is 8.42 Å². The van der Waals surface area contributed by atoms with Crippen LogP contribution in [0.4, 0.5) is 23.5 Å². The fraction of sp³-hybridized carbons (Fsp3) is 0.684. The highest BCUT2D eigenvalue weighted by Gasteiger charge is 2.38. The minimum Gasteiger partial charge on any atom is -0.455 e. The second-order valence-electron chi connectivity index (χ2n) is 15.3. The van der Waals surface area contributed by atoms with Crippen LogP contribution in [-0.4, -0.2) is 145 Å². The molecular formula is C38H53N9O7S3. The summed E-state index contributed by atoms with van der Waals surface area (Å²) in [5.74, 6) is 3.87. The van der Waals surface area contributed by atoms with Crippen molar-refractivity contribution in [1.29, 1.82) is 0 Å². The van der Waals surface area contributed by atoms with Crippen molar-refractivity contribution in [2.75, 3.05) is 96.8 Å². The van der Waals surface area contributed by atoms with Gasteiger partial charge >= 0.3 is 5.97 Å². The van der Waals surface area contributed by atoms with Gasteiger partial charge in [0, 0.05) is 94.4 Å². The van der Waals surface area contributed by atoms with Crippen LogP contribution in [0.15, 0.2) is 21.4 Å². The Morgan fingerprint density at radius 2 is 1.30 bits per heavy atom. The van der Waals surface area contributed by atoms with Crippen molar-refractivity contribution in [3.8, 4) is 0 Å². The van der Waals surface area contributed by atoms with Crippen molar-refractivity contribution in [1.82, 2.24) is 24.3 Å². The third-order valence-corrected chi connectivity index (χ3v) is 14.8. The normalized spacial score (nSPS) is 22.6. The minimum absolute atomic E-state index is 0.195. The maximum atomic E-state index is 12.8. The van der Waals surface area contributed by atoms with Crippen LogP contribution >= 0.6 is 11.5 Å². The Hall–Kier alpha value is -3.36. The van der Waals surface area contributed by atoms with Crippen LogP contribution in [0.25, 0.3) is 0 Å². The van der Waals surface area contributed by atoms with E-state index in [9.17, 15) is 18.3 Å². The first kappa shape index (κ1) is 40.4. The fourth-order valence-corrected chi connectivity index (χ4v) is 11.4. The number of rotatable bonds is 12. The molecule has 310 valence electrons. The molecule has 4 fully saturated rings. The molecule has 3 aromatic heterocycles. The molecule has 6 aliphatic heterocycles. The zero-order chi connectivity index (χ0) is 39.5. The molecule has 19 heteroatoms. The number of hydrogen-bond donors (Lipinski definition) is 1. The standard InChI is InChI=1S/C21H27N5O4S2.C17H26N4O3S/c1-2-6-26(15-3-7-29-8-4-15)19-18-17(5-9-32(18)28)23-21(24-19)25-11-16(12-25)30-20(27)14-10-22-31-13-14;1-2-6-21(12-3-7-24-8-4-12)16-15-14(5-9-25(15)23)18-17(19-16)20-10-13(22)11-20/h10,13,15-16H,2-9,11-12H2,1H3;12-13,22H,2-11H2,1H3. The lowest BCUT2D eigenvalue weighted by Gasteiger charge is -2.40. The summed E-state index contributed by atoms with van der Waals surface area (Å²) < 4.78 is 46.1. The van der Waals surface area contributed by atoms with E-state index in [0.717, 1.165) is 117 Å². The number of aliphatic hydroxyl groups excluding tert-OH is 1. The summed E-state index contributed by atoms with van der Waals surface area (Å²) in [6.07, 6.45) is 8.32. The SMILES string of the molecule is CCCN(c1nc(N2CC(O)C2)nc2c1S(=O)CC2)C1CCOCC1.CCCN(c1nc(N2CC(OC(=O)c3cnsc3)C2)nc2c1S(=O)CC2)C1CCOCC1. The fourth-order valence-electron chi connectivity index (χ4n) is 8.22. The monoisotopic (exact) mass is 843 g/mol. The van der Waals surface area contributed by atoms with Gasteiger partial charge in [-0.25, -0.2) is 19.1 Å². The number of aryl methyl sites for hydroxylation is 2. The van der Waals surface area contributed by atoms with Crippen molar-refractivity contribution < 1.29 is 32.5 Å². The average Bonchev–Trinajstić information content (AvgIpc) is 3.97. The average molecular weight is 844 g/mol. The number of aromatic nitrogens is 5. The first-order chi connectivity index (χ1) is 27.8. The first-order valence-corrected chi connectivity index (χ1v) is 23.8. The smallest absolute Gasteiger partial charge is 0.341 e. The van der Waals surface area contributed by atoms with Crippen molar-refractivity contribution in [2.45, 2.75) is 99.3 Å². The number of nitrogens with zero attached hydrogens (tertiary/aromatic N) is 9. The van der Waals surface area contributed by atoms with Crippen LogP contribution in [0.2, 0.25) is 0 Å². The number of carbonyl (C=O) groups is 1. The van der Waals surface area contributed by atoms with Crippen LogP contribution in [0.3, 0.4) is 0 Å². The largest absolute Gasteiger partial charge is 0.455 e. The molecule has 2 atom stereocenters. The van der Waals surface area contributed by atoms with Crippen molar-refractivity contribution in [2.24, 2.45) is 0 Å². The predicted octanol–water partition coefficient (Wildman–Crippen LogP) is 2.75. The van der Waals surface area contributed by atoms with E-state index in [0.29, 0.717) is 73.6 Å². The second-order valence-corrected chi connectivity index (χ2v) is 19.0. The lowest BCUT2D eigenvalue weighted by molar-refractivity contribution is 0.0231. The third kappa shape index (κ3) is 8.83. The quantitative estimate of drug-likeness (QED) is 0.263. The molecule has 57 heavy (non-hydrogen) atoms. The van der Waals surface area contributed by atoms with E-state index in [4.69, 9.17) is 29.2 Å². The molecule has 0 aromatic carbocycles. The number of fused-ring (bicyclic) bond motifs is 2. The van der Waals surface area contributed by atoms with Gasteiger partial charge in [0.2, 0.25) is 11.9 Å². The summed E-state index contributed by atoms with van der Waals surface area (Å²) in [5, 5.41) is 11.3. The molecule has 0 amide bonds. The highest BCUT2D eigenvalue weighted by Crippen LogP contribution is 2.37. The van der Waals surface area contributed by atoms with Crippen LogP contribution < -0.4 is 19.6 Å². The Labute approximate surface area is 342 Å². The van der Waals surface area contributed by atoms with Gasteiger partial charge < -0.3 is 38.9 Å². The molecule has 0 aliphatic carbocycles. The van der Waals surface area contributed by atoms with E-state index in [-0.39, 0.29) is 18.2 Å². The van der Waals surface area contributed by atoms with E-state index in [1.165, 1.54) is 17.7 Å². The van der Waals surface area contributed by atoms with E-state index in [2.05, 4.69) is 33.0 Å². The van der Waals surface area contributed by atoms with E-state index in [1.54, 1.807) is 5.38 Å². The molecule has 0 bridgehead atoms. The van der Waals surface area contributed by atoms with E-state index in [1.807, 2.05) is 9.80 Å². The summed E-state index contributed by atoms with van der Waals surface area (Å²) in [4.78, 5) is 41.7. The zero-order valence-electron chi connectivity index (χ0n) is 32.8. The molecule has 9 heterocycles. The lowest BCUT2D eigenvalue weighted by atomic mass is 10.1. The number of hydrogen-bond acceptors (Lipinski definition) is 17. The van der Waals surface area contributed by atoms with E-state index < -0.39 is 21.6 Å². The summed E-state index contributed by atoms with van der Waals surface area (Å²) in [6, 6.07) is 0.706. The Morgan fingerprint density at radius 1 is 0.807 bits per heavy atom. The van der Waals surface area contributed by atoms with Gasteiger partial charge in [0.15, 0.2) is 11.6 Å². The van der Waals surface area contributed by atoms with Gasteiger partial charge in [-0.05, 0) is 50.1 Å². The lowest BCUT2D eigenvalue weighted by Crippen LogP contribution is -2.54. The molecule has 16 nitrogen and oxygen atoms in total. The molecule has 1 N–H and O–H groups in total. The first-order valence-electron chi connectivity index (χ1n) is 20.4. The van der Waals surface area contributed by atoms with Crippen molar-refractivity contribution in [3.63, 3.8) is 0 Å². The second kappa shape index (κ2) is 18.3. The van der Waals surface area contributed by atoms with Crippen LogP contribution in [0, 0.1) is 0 Å². The Kier molecular flexibility index (Phi) is 13.0. The Morgan fingerprint density at radius 3 is 1.74 bits per heavy atom. The molecule has 4 saturated heterocycles. The molecule has 3 aromatic rings. The van der Waals surface area contributed by atoms with Gasteiger partial charge in [-0.2, -0.15) is 9.97 Å². The number of esters is 1. The van der Waals surface area contributed by atoms with Gasteiger partial charge in [-0.15, -0.1) is 0 Å². The minimum atomic E-state index is -1.07. The Bertz CT molecular complexity index is 1920. The van der Waals surface area contributed by atoms with Crippen LogP contribution in [0.1, 0.15) is 74.1 Å². The maximum absolute atomic E-state index is 12.8. The van der Waals surface area contributed by atoms with Crippen molar-refractivity contribution >= 4 is 62.6 Å². The molecule has 0 radical (unpaired) electrons. The molecule has 0 spiro atoms. The summed E-state index contributed by atoms with van der Waals surface area (Å²) in [5.41, 5.74) is 2.30. The van der Waals surface area contributed by atoms with Crippen LogP contribution in [-0.2, 0) is 48.7 Å². The van der Waals surface area contributed by atoms with Crippen molar-refractivity contribution in [3.05, 3.63) is 28.5 Å². The van der Waals surface area contributed by atoms with Crippen LogP contribution in [0.5, 0.6) is 0 Å². The zero-order valence-corrected chi connectivity index (χ0v) is 35.2. The molecular weight excluding hydrogens is 791 g/mol. The van der Waals surface area contributed by atoms with Gasteiger partial charge in [0.05, 0.1) is 63.9 Å². The highest BCUT2D eigenvalue weighted by molar-refractivity contribution is 7.85. The van der Waals surface area contributed by atoms with Gasteiger partial charge in [0.1, 0.15) is 15.9 Å². The molecule has 0 saturated carbocycles. The number of carbonyl (C=O) groups excluding carboxylic acids is 1. The Balaban J connectivity index is 0.000000165. The maximum Gasteiger partial charge on any atom is 0.341 e. The van der Waals surface area contributed by atoms with Gasteiger partial charge in [-0.1, -0.05) is 13.8 Å². The molecule has 6 aliphatic rings. The van der Waals surface area contributed by atoms with E-state index >= 15 is 0 Å². The third-order valence-electron chi connectivity index (χ3n) is 11.3. The predicted molar refractivity (Wildman–Crippen MR) is 219 cm³/mol. The number of anilines is 4. The topological polar surface area (TPSA) is 177 Å². The highest BCUT2D eigenvalue weighted by atomic mass is 32.2. The molecule has 9 rings (SSSR count). The number of β-amino-alcohol motifs (C(OH)–C–C–N with tert-alkyl or cyclic N) is 1. The number of aliphatic hydroxyl groups is 1. The summed E-state index contributed by atoms with van der Waals surface area (Å²) in [7, 11) is -2.08. The van der Waals surface area contributed by atoms with Gasteiger partial charge in [0.25, 0.3) is 0 Å². The summed E-state index contributed by atoms with van der Waals surface area (Å²) >= 11 is 1.23. The summed E-state index contributed by atoms with van der Waals surface area (Å²) in [6.45, 7) is 11.4.